The molecule has 0 bridgehead atoms. The van der Waals surface area contributed by atoms with Gasteiger partial charge in [-0.1, -0.05) is 0 Å². The van der Waals surface area contributed by atoms with Crippen LogP contribution < -0.4 is 0 Å². The summed E-state index contributed by atoms with van der Waals surface area (Å²) < 4.78 is 0. The first-order valence-electron chi connectivity index (χ1n) is 4.16. The zero-order valence-electron chi connectivity index (χ0n) is 9.01. The van der Waals surface area contributed by atoms with E-state index in [1.807, 2.05) is 46.8 Å². The van der Waals surface area contributed by atoms with Crippen LogP contribution in [-0.2, 0) is 4.79 Å². The lowest BCUT2D eigenvalue weighted by molar-refractivity contribution is -0.134. The van der Waals surface area contributed by atoms with Gasteiger partial charge in [-0.25, -0.2) is 0 Å². The first-order chi connectivity index (χ1) is 5.25. The highest BCUT2D eigenvalue weighted by Gasteiger charge is 2.21. The molecule has 0 aromatic heterocycles. The van der Waals surface area contributed by atoms with Crippen molar-refractivity contribution in [1.29, 1.82) is 0 Å². The highest BCUT2D eigenvalue weighted by molar-refractivity contribution is 5.78. The largest absolute Gasteiger partial charge is 0.340 e. The Balaban J connectivity index is 4.12. The first kappa shape index (κ1) is 11.4. The van der Waals surface area contributed by atoms with Crippen molar-refractivity contribution >= 4 is 5.91 Å². The molecule has 0 saturated heterocycles. The summed E-state index contributed by atoms with van der Waals surface area (Å²) in [7, 11) is 5.63. The second-order valence-electron chi connectivity index (χ2n) is 4.36. The average molecular weight is 172 g/mol. The van der Waals surface area contributed by atoms with Crippen LogP contribution in [0.25, 0.3) is 0 Å². The molecule has 0 aliphatic heterocycles. The zero-order chi connectivity index (χ0) is 9.94. The van der Waals surface area contributed by atoms with E-state index in [0.717, 1.165) is 0 Å². The van der Waals surface area contributed by atoms with Crippen molar-refractivity contribution in [1.82, 2.24) is 9.80 Å². The standard InChI is InChI=1S/C9H20N2O/c1-9(2,3)11(6)8(12)7-10(4)5/h7H2,1-6H3. The molecule has 72 valence electrons. The Kier molecular flexibility index (Phi) is 3.71. The number of nitrogens with zero attached hydrogens (tertiary/aromatic N) is 2. The van der Waals surface area contributed by atoms with E-state index in [0.29, 0.717) is 6.54 Å². The lowest BCUT2D eigenvalue weighted by Crippen LogP contribution is -2.46. The van der Waals surface area contributed by atoms with E-state index in [1.54, 1.807) is 4.90 Å². The van der Waals surface area contributed by atoms with E-state index in [-0.39, 0.29) is 11.4 Å². The monoisotopic (exact) mass is 172 g/mol. The predicted molar refractivity (Wildman–Crippen MR) is 51.1 cm³/mol. The molecule has 0 aromatic rings. The molecule has 12 heavy (non-hydrogen) atoms. The smallest absolute Gasteiger partial charge is 0.236 e. The first-order valence-corrected chi connectivity index (χ1v) is 4.16. The van der Waals surface area contributed by atoms with E-state index >= 15 is 0 Å². The molecule has 0 rings (SSSR count). The molecule has 0 spiro atoms. The third kappa shape index (κ3) is 3.72. The fourth-order valence-electron chi connectivity index (χ4n) is 0.751. The van der Waals surface area contributed by atoms with E-state index in [1.165, 1.54) is 0 Å². The number of hydrogen-bond donors (Lipinski definition) is 0. The van der Waals surface area contributed by atoms with Gasteiger partial charge in [0.1, 0.15) is 0 Å². The number of rotatable bonds is 2. The van der Waals surface area contributed by atoms with Crippen LogP contribution in [0.15, 0.2) is 0 Å². The van der Waals surface area contributed by atoms with Crippen LogP contribution in [0.5, 0.6) is 0 Å². The van der Waals surface area contributed by atoms with Gasteiger partial charge < -0.3 is 9.80 Å². The van der Waals surface area contributed by atoms with Crippen molar-refractivity contribution in [2.75, 3.05) is 27.7 Å². The maximum atomic E-state index is 11.5. The van der Waals surface area contributed by atoms with Gasteiger partial charge in [-0.2, -0.15) is 0 Å². The number of hydrogen-bond acceptors (Lipinski definition) is 2. The minimum atomic E-state index is -0.0763. The molecule has 0 heterocycles. The van der Waals surface area contributed by atoms with Crippen LogP contribution in [0.2, 0.25) is 0 Å². The average Bonchev–Trinajstić information content (AvgIpc) is 1.82. The minimum absolute atomic E-state index is 0.0763. The molecule has 0 atom stereocenters. The Morgan fingerprint density at radius 1 is 1.17 bits per heavy atom. The molecule has 0 unspecified atom stereocenters. The fraction of sp³-hybridized carbons (Fsp3) is 0.889. The van der Waals surface area contributed by atoms with Gasteiger partial charge in [-0.15, -0.1) is 0 Å². The van der Waals surface area contributed by atoms with Crippen molar-refractivity contribution < 1.29 is 4.79 Å². The summed E-state index contributed by atoms with van der Waals surface area (Å²) in [5, 5.41) is 0. The molecule has 1 amide bonds. The second-order valence-corrected chi connectivity index (χ2v) is 4.36. The summed E-state index contributed by atoms with van der Waals surface area (Å²) in [6.45, 7) is 6.56. The lowest BCUT2D eigenvalue weighted by atomic mass is 10.1. The van der Waals surface area contributed by atoms with Gasteiger partial charge in [0.15, 0.2) is 0 Å². The van der Waals surface area contributed by atoms with E-state index in [2.05, 4.69) is 0 Å². The normalized spacial score (nSPS) is 11.9. The van der Waals surface area contributed by atoms with Gasteiger partial charge >= 0.3 is 0 Å². The quantitative estimate of drug-likeness (QED) is 0.615. The van der Waals surface area contributed by atoms with Crippen molar-refractivity contribution in [2.45, 2.75) is 26.3 Å². The van der Waals surface area contributed by atoms with Crippen LogP contribution in [0, 0.1) is 0 Å². The maximum Gasteiger partial charge on any atom is 0.236 e. The Morgan fingerprint density at radius 3 is 1.83 bits per heavy atom. The molecule has 0 saturated carbocycles. The van der Waals surface area contributed by atoms with E-state index in [9.17, 15) is 4.79 Å². The summed E-state index contributed by atoms with van der Waals surface area (Å²) in [4.78, 5) is 15.1. The summed E-state index contributed by atoms with van der Waals surface area (Å²) in [6.07, 6.45) is 0. The molecule has 3 heteroatoms. The summed E-state index contributed by atoms with van der Waals surface area (Å²) in [5.41, 5.74) is -0.0763. The number of likely N-dealkylation sites (N-methyl/N-ethyl adjacent to an activating group) is 2. The second kappa shape index (κ2) is 3.90. The van der Waals surface area contributed by atoms with Crippen LogP contribution in [0.3, 0.4) is 0 Å². The van der Waals surface area contributed by atoms with Gasteiger partial charge in [0.05, 0.1) is 6.54 Å². The highest BCUT2D eigenvalue weighted by Crippen LogP contribution is 2.10. The van der Waals surface area contributed by atoms with E-state index < -0.39 is 0 Å². The molecule has 0 radical (unpaired) electrons. The minimum Gasteiger partial charge on any atom is -0.340 e. The van der Waals surface area contributed by atoms with E-state index in [4.69, 9.17) is 0 Å². The Bertz CT molecular complexity index is 158. The number of carbonyl (C=O) groups excluding carboxylic acids is 1. The summed E-state index contributed by atoms with van der Waals surface area (Å²) in [5.74, 6) is 0.160. The maximum absolute atomic E-state index is 11.5. The molecule has 0 aliphatic rings. The van der Waals surface area contributed by atoms with Gasteiger partial charge in [0.2, 0.25) is 5.91 Å². The topological polar surface area (TPSA) is 23.6 Å². The van der Waals surface area contributed by atoms with Crippen LogP contribution in [0.4, 0.5) is 0 Å². The third-order valence-electron chi connectivity index (χ3n) is 1.83. The molecule has 0 aliphatic carbocycles. The van der Waals surface area contributed by atoms with Crippen molar-refractivity contribution in [2.24, 2.45) is 0 Å². The van der Waals surface area contributed by atoms with Crippen LogP contribution >= 0.6 is 0 Å². The molecular weight excluding hydrogens is 152 g/mol. The van der Waals surface area contributed by atoms with Crippen LogP contribution in [-0.4, -0.2) is 48.9 Å². The fourth-order valence-corrected chi connectivity index (χ4v) is 0.751. The van der Waals surface area contributed by atoms with Gasteiger partial charge in [-0.05, 0) is 34.9 Å². The number of carbonyl (C=O) groups is 1. The van der Waals surface area contributed by atoms with Crippen molar-refractivity contribution in [3.05, 3.63) is 0 Å². The van der Waals surface area contributed by atoms with Crippen molar-refractivity contribution in [3.63, 3.8) is 0 Å². The SMILES string of the molecule is CN(C)CC(=O)N(C)C(C)(C)C. The third-order valence-corrected chi connectivity index (χ3v) is 1.83. The van der Waals surface area contributed by atoms with Crippen molar-refractivity contribution in [3.8, 4) is 0 Å². The molecular formula is C9H20N2O. The van der Waals surface area contributed by atoms with Crippen LogP contribution in [0.1, 0.15) is 20.8 Å². The van der Waals surface area contributed by atoms with Gasteiger partial charge in [0, 0.05) is 12.6 Å². The Hall–Kier alpha value is -0.570. The number of amides is 1. The zero-order valence-corrected chi connectivity index (χ0v) is 9.01. The highest BCUT2D eigenvalue weighted by atomic mass is 16.2. The Labute approximate surface area is 75.3 Å². The predicted octanol–water partition coefficient (Wildman–Crippen LogP) is 0.805. The molecule has 3 nitrogen and oxygen atoms in total. The lowest BCUT2D eigenvalue weighted by Gasteiger charge is -2.32. The summed E-state index contributed by atoms with van der Waals surface area (Å²) in [6, 6.07) is 0. The van der Waals surface area contributed by atoms with Gasteiger partial charge in [0.25, 0.3) is 0 Å². The van der Waals surface area contributed by atoms with Gasteiger partial charge in [-0.3, -0.25) is 4.79 Å². The molecule has 0 aromatic carbocycles. The Morgan fingerprint density at radius 2 is 1.58 bits per heavy atom. The molecule has 0 fully saturated rings. The summed E-state index contributed by atoms with van der Waals surface area (Å²) >= 11 is 0. The molecule has 0 N–H and O–H groups in total.